The van der Waals surface area contributed by atoms with Crippen molar-refractivity contribution >= 4 is 5.91 Å². The van der Waals surface area contributed by atoms with E-state index >= 15 is 0 Å². The van der Waals surface area contributed by atoms with Gasteiger partial charge in [-0.3, -0.25) is 4.79 Å². The maximum atomic E-state index is 11.0. The molecular weight excluding hydrogens is 126 g/mol. The smallest absolute Gasteiger partial charge is 0.226 e. The molecule has 1 saturated heterocycles. The summed E-state index contributed by atoms with van der Waals surface area (Å²) in [6.45, 7) is 3.51. The normalized spacial score (nSPS) is 19.1. The van der Waals surface area contributed by atoms with E-state index in [0.29, 0.717) is 6.42 Å². The van der Waals surface area contributed by atoms with Crippen LogP contribution in [0.4, 0.5) is 0 Å². The van der Waals surface area contributed by atoms with E-state index < -0.39 is 0 Å². The second kappa shape index (κ2) is 2.72. The Morgan fingerprint density at radius 3 is 2.80 bits per heavy atom. The van der Waals surface area contributed by atoms with Gasteiger partial charge in [0.1, 0.15) is 0 Å². The molecule has 1 heterocycles. The molecule has 0 aliphatic carbocycles. The van der Waals surface area contributed by atoms with Crippen LogP contribution in [0.5, 0.6) is 0 Å². The molecule has 0 radical (unpaired) electrons. The minimum absolute atomic E-state index is 0.178. The standard InChI is InChI=1S/C8H11NO/c1-3-7-5-4-6-8(10)9(7)2/h1,4-6H2,2H3. The molecule has 10 heavy (non-hydrogen) atoms. The summed E-state index contributed by atoms with van der Waals surface area (Å²) in [7, 11) is 1.77. The Bertz CT molecular complexity index is 201. The van der Waals surface area contributed by atoms with Crippen LogP contribution >= 0.6 is 0 Å². The summed E-state index contributed by atoms with van der Waals surface area (Å²) in [4.78, 5) is 12.6. The van der Waals surface area contributed by atoms with Crippen molar-refractivity contribution in [3.05, 3.63) is 18.0 Å². The fourth-order valence-electron chi connectivity index (χ4n) is 1.10. The number of hydrogen-bond donors (Lipinski definition) is 0. The zero-order valence-electron chi connectivity index (χ0n) is 6.18. The summed E-state index contributed by atoms with van der Waals surface area (Å²) < 4.78 is 0. The van der Waals surface area contributed by atoms with Crippen molar-refractivity contribution in [2.75, 3.05) is 7.05 Å². The average Bonchev–Trinajstić information content (AvgIpc) is 1.95. The molecule has 0 spiro atoms. The summed E-state index contributed by atoms with van der Waals surface area (Å²) in [5.41, 5.74) is 3.68. The van der Waals surface area contributed by atoms with Crippen LogP contribution in [0.15, 0.2) is 18.0 Å². The summed E-state index contributed by atoms with van der Waals surface area (Å²) in [5.74, 6) is 0.178. The van der Waals surface area contributed by atoms with E-state index in [9.17, 15) is 4.79 Å². The maximum absolute atomic E-state index is 11.0. The van der Waals surface area contributed by atoms with Crippen LogP contribution < -0.4 is 0 Å². The highest BCUT2D eigenvalue weighted by Crippen LogP contribution is 2.17. The van der Waals surface area contributed by atoms with E-state index in [2.05, 4.69) is 12.3 Å². The molecule has 1 rings (SSSR count). The third kappa shape index (κ3) is 1.12. The first kappa shape index (κ1) is 7.10. The number of carbonyl (C=O) groups is 1. The summed E-state index contributed by atoms with van der Waals surface area (Å²) in [5, 5.41) is 0. The molecule has 1 aliphatic rings. The van der Waals surface area contributed by atoms with Gasteiger partial charge in [0.2, 0.25) is 5.91 Å². The third-order valence-electron chi connectivity index (χ3n) is 1.79. The highest BCUT2D eigenvalue weighted by Gasteiger charge is 2.17. The van der Waals surface area contributed by atoms with E-state index in [1.54, 1.807) is 11.9 Å². The summed E-state index contributed by atoms with van der Waals surface area (Å²) in [6, 6.07) is 0. The van der Waals surface area contributed by atoms with Crippen LogP contribution in [0, 0.1) is 0 Å². The maximum Gasteiger partial charge on any atom is 0.226 e. The second-order valence-corrected chi connectivity index (χ2v) is 2.43. The zero-order valence-corrected chi connectivity index (χ0v) is 6.18. The van der Waals surface area contributed by atoms with E-state index in [1.807, 2.05) is 0 Å². The van der Waals surface area contributed by atoms with Gasteiger partial charge in [0.25, 0.3) is 0 Å². The fourth-order valence-corrected chi connectivity index (χ4v) is 1.10. The quantitative estimate of drug-likeness (QED) is 0.461. The van der Waals surface area contributed by atoms with Crippen molar-refractivity contribution in [3.63, 3.8) is 0 Å². The first-order valence-electron chi connectivity index (χ1n) is 3.41. The highest BCUT2D eigenvalue weighted by molar-refractivity contribution is 5.78. The first-order valence-corrected chi connectivity index (χ1v) is 3.41. The molecule has 0 aromatic carbocycles. The van der Waals surface area contributed by atoms with Gasteiger partial charge in [-0.1, -0.05) is 6.58 Å². The molecule has 1 amide bonds. The lowest BCUT2D eigenvalue weighted by molar-refractivity contribution is -0.129. The number of allylic oxidation sites excluding steroid dienone is 1. The Morgan fingerprint density at radius 2 is 2.30 bits per heavy atom. The predicted octanol–water partition coefficient (Wildman–Crippen LogP) is 1.30. The van der Waals surface area contributed by atoms with E-state index in [0.717, 1.165) is 18.5 Å². The van der Waals surface area contributed by atoms with Gasteiger partial charge in [-0.05, 0) is 12.8 Å². The zero-order chi connectivity index (χ0) is 7.56. The third-order valence-corrected chi connectivity index (χ3v) is 1.79. The van der Waals surface area contributed by atoms with Crippen molar-refractivity contribution < 1.29 is 4.79 Å². The molecule has 1 aliphatic heterocycles. The molecule has 0 aromatic rings. The van der Waals surface area contributed by atoms with E-state index in [1.165, 1.54) is 0 Å². The first-order chi connectivity index (χ1) is 4.75. The Balaban J connectivity index is 2.79. The van der Waals surface area contributed by atoms with Gasteiger partial charge in [0.05, 0.1) is 5.70 Å². The van der Waals surface area contributed by atoms with Crippen molar-refractivity contribution in [1.29, 1.82) is 0 Å². The highest BCUT2D eigenvalue weighted by atomic mass is 16.2. The SMILES string of the molecule is C=C=C1CCCC(=O)N1C. The molecule has 54 valence electrons. The average molecular weight is 137 g/mol. The molecule has 1 fully saturated rings. The molecular formula is C8H11NO. The lowest BCUT2D eigenvalue weighted by Crippen LogP contribution is -2.29. The summed E-state index contributed by atoms with van der Waals surface area (Å²) in [6.07, 6.45) is 2.55. The van der Waals surface area contributed by atoms with Crippen molar-refractivity contribution in [3.8, 4) is 0 Å². The van der Waals surface area contributed by atoms with Gasteiger partial charge < -0.3 is 4.90 Å². The van der Waals surface area contributed by atoms with Crippen LogP contribution in [0.2, 0.25) is 0 Å². The molecule has 0 N–H and O–H groups in total. The number of carbonyl (C=O) groups excluding carboxylic acids is 1. The minimum atomic E-state index is 0.178. The lowest BCUT2D eigenvalue weighted by atomic mass is 10.1. The van der Waals surface area contributed by atoms with Gasteiger partial charge >= 0.3 is 0 Å². The Hall–Kier alpha value is -1.01. The van der Waals surface area contributed by atoms with Crippen LogP contribution in [0.1, 0.15) is 19.3 Å². The van der Waals surface area contributed by atoms with Crippen LogP contribution in [-0.4, -0.2) is 17.9 Å². The van der Waals surface area contributed by atoms with Gasteiger partial charge in [0.15, 0.2) is 0 Å². The minimum Gasteiger partial charge on any atom is -0.312 e. The molecule has 0 atom stereocenters. The Kier molecular flexibility index (Phi) is 1.93. The molecule has 2 nitrogen and oxygen atoms in total. The van der Waals surface area contributed by atoms with Crippen molar-refractivity contribution in [1.82, 2.24) is 4.90 Å². The van der Waals surface area contributed by atoms with E-state index in [4.69, 9.17) is 0 Å². The molecule has 0 aromatic heterocycles. The topological polar surface area (TPSA) is 20.3 Å². The Morgan fingerprint density at radius 1 is 1.60 bits per heavy atom. The van der Waals surface area contributed by atoms with Gasteiger partial charge in [0, 0.05) is 13.5 Å². The molecule has 0 bridgehead atoms. The predicted molar refractivity (Wildman–Crippen MR) is 39.3 cm³/mol. The van der Waals surface area contributed by atoms with Crippen molar-refractivity contribution in [2.45, 2.75) is 19.3 Å². The summed E-state index contributed by atoms with van der Waals surface area (Å²) >= 11 is 0. The number of nitrogens with zero attached hydrogens (tertiary/aromatic N) is 1. The number of piperidine rings is 1. The number of likely N-dealkylation sites (tertiary alicyclic amines) is 1. The molecule has 0 unspecified atom stereocenters. The van der Waals surface area contributed by atoms with Gasteiger partial charge in [-0.2, -0.15) is 0 Å². The fraction of sp³-hybridized carbons (Fsp3) is 0.500. The molecule has 0 saturated carbocycles. The number of amides is 1. The number of rotatable bonds is 0. The second-order valence-electron chi connectivity index (χ2n) is 2.43. The van der Waals surface area contributed by atoms with Gasteiger partial charge in [-0.15, -0.1) is 5.73 Å². The number of hydrogen-bond acceptors (Lipinski definition) is 1. The largest absolute Gasteiger partial charge is 0.312 e. The van der Waals surface area contributed by atoms with E-state index in [-0.39, 0.29) is 5.91 Å². The monoisotopic (exact) mass is 137 g/mol. The van der Waals surface area contributed by atoms with Crippen LogP contribution in [0.3, 0.4) is 0 Å². The van der Waals surface area contributed by atoms with Crippen molar-refractivity contribution in [2.24, 2.45) is 0 Å². The van der Waals surface area contributed by atoms with Crippen LogP contribution in [0.25, 0.3) is 0 Å². The van der Waals surface area contributed by atoms with Crippen LogP contribution in [-0.2, 0) is 4.79 Å². The molecule has 2 heteroatoms. The Labute approximate surface area is 60.8 Å². The van der Waals surface area contributed by atoms with Gasteiger partial charge in [-0.25, -0.2) is 0 Å². The lowest BCUT2D eigenvalue weighted by Gasteiger charge is -2.23.